The molecule has 5 rings (SSSR count). The molecule has 4 saturated carbocycles. The second-order valence-electron chi connectivity index (χ2n) is 9.20. The van der Waals surface area contributed by atoms with Crippen molar-refractivity contribution in [2.45, 2.75) is 65.8 Å². The van der Waals surface area contributed by atoms with Gasteiger partial charge >= 0.3 is 0 Å². The number of nitrogens with zero attached hydrogens (tertiary/aromatic N) is 2. The average Bonchev–Trinajstić information content (AvgIpc) is 2.78. The zero-order valence-electron chi connectivity index (χ0n) is 15.6. The number of amides is 1. The van der Waals surface area contributed by atoms with Gasteiger partial charge in [-0.15, -0.1) is 0 Å². The lowest BCUT2D eigenvalue weighted by Gasteiger charge is -2.57. The van der Waals surface area contributed by atoms with E-state index < -0.39 is 0 Å². The molecular formula is C20H30ClN3O. The molecule has 0 radical (unpaired) electrons. The Balaban J connectivity index is 1.35. The van der Waals surface area contributed by atoms with E-state index in [9.17, 15) is 4.79 Å². The van der Waals surface area contributed by atoms with Crippen LogP contribution in [0.15, 0.2) is 0 Å². The van der Waals surface area contributed by atoms with Gasteiger partial charge in [0.05, 0.1) is 28.9 Å². The molecule has 4 aliphatic carbocycles. The molecular weight excluding hydrogens is 334 g/mol. The van der Waals surface area contributed by atoms with Gasteiger partial charge in [0.1, 0.15) is 0 Å². The van der Waals surface area contributed by atoms with Crippen molar-refractivity contribution in [3.63, 3.8) is 0 Å². The highest BCUT2D eigenvalue weighted by atomic mass is 35.5. The Kier molecular flexibility index (Phi) is 4.38. The van der Waals surface area contributed by atoms with E-state index in [-0.39, 0.29) is 11.8 Å². The highest BCUT2D eigenvalue weighted by Gasteiger charge is 2.50. The number of halogens is 1. The molecule has 4 bridgehead atoms. The van der Waals surface area contributed by atoms with Crippen molar-refractivity contribution in [3.8, 4) is 0 Å². The minimum Gasteiger partial charge on any atom is -0.355 e. The quantitative estimate of drug-likeness (QED) is 0.855. The molecule has 1 amide bonds. The molecule has 4 aliphatic rings. The number of aromatic nitrogens is 2. The highest BCUT2D eigenvalue weighted by molar-refractivity contribution is 6.31. The Bertz CT molecular complexity index is 645. The van der Waals surface area contributed by atoms with Crippen molar-refractivity contribution in [2.75, 3.05) is 6.54 Å². The molecule has 1 heterocycles. The number of hydrogen-bond acceptors (Lipinski definition) is 2. The molecule has 0 aromatic carbocycles. The van der Waals surface area contributed by atoms with E-state index in [1.165, 1.54) is 38.5 Å². The van der Waals surface area contributed by atoms with Crippen LogP contribution < -0.4 is 5.32 Å². The SMILES string of the molecule is Cc1nn(CC(C)C(=O)NCC23CC4CC(CC(C4)C2)C3)c(C)c1Cl. The average molecular weight is 364 g/mol. The Morgan fingerprint density at radius 2 is 1.80 bits per heavy atom. The van der Waals surface area contributed by atoms with Crippen molar-refractivity contribution in [1.29, 1.82) is 0 Å². The molecule has 1 aromatic heterocycles. The van der Waals surface area contributed by atoms with Crippen LogP contribution in [0.1, 0.15) is 56.8 Å². The predicted octanol–water partition coefficient (Wildman–Crippen LogP) is 4.12. The van der Waals surface area contributed by atoms with Crippen LogP contribution in [0.5, 0.6) is 0 Å². The van der Waals surface area contributed by atoms with E-state index in [0.717, 1.165) is 35.7 Å². The van der Waals surface area contributed by atoms with Crippen LogP contribution in [0.25, 0.3) is 0 Å². The highest BCUT2D eigenvalue weighted by Crippen LogP contribution is 2.59. The van der Waals surface area contributed by atoms with Gasteiger partial charge in [-0.05, 0) is 75.5 Å². The van der Waals surface area contributed by atoms with Crippen LogP contribution in [-0.2, 0) is 11.3 Å². The van der Waals surface area contributed by atoms with Gasteiger partial charge in [-0.1, -0.05) is 18.5 Å². The van der Waals surface area contributed by atoms with Crippen molar-refractivity contribution >= 4 is 17.5 Å². The summed E-state index contributed by atoms with van der Waals surface area (Å²) in [5.74, 6) is 2.84. The van der Waals surface area contributed by atoms with Gasteiger partial charge in [-0.25, -0.2) is 0 Å². The fraction of sp³-hybridized carbons (Fsp3) is 0.800. The summed E-state index contributed by atoms with van der Waals surface area (Å²) in [5, 5.41) is 8.45. The summed E-state index contributed by atoms with van der Waals surface area (Å²) in [6.07, 6.45) is 8.34. The second kappa shape index (κ2) is 6.29. The third kappa shape index (κ3) is 3.22. The number of hydrogen-bond donors (Lipinski definition) is 1. The Morgan fingerprint density at radius 1 is 1.24 bits per heavy atom. The summed E-state index contributed by atoms with van der Waals surface area (Å²) in [6, 6.07) is 0. The van der Waals surface area contributed by atoms with Gasteiger partial charge in [0.15, 0.2) is 0 Å². The van der Waals surface area contributed by atoms with Gasteiger partial charge in [0, 0.05) is 6.54 Å². The summed E-state index contributed by atoms with van der Waals surface area (Å²) in [4.78, 5) is 12.7. The van der Waals surface area contributed by atoms with Crippen LogP contribution in [0.3, 0.4) is 0 Å². The molecule has 1 unspecified atom stereocenters. The minimum atomic E-state index is -0.0945. The van der Waals surface area contributed by atoms with Gasteiger partial charge < -0.3 is 5.32 Å². The first-order valence-corrected chi connectivity index (χ1v) is 10.2. The molecule has 138 valence electrons. The number of rotatable bonds is 5. The smallest absolute Gasteiger partial charge is 0.224 e. The third-order valence-electron chi connectivity index (χ3n) is 6.99. The molecule has 1 N–H and O–H groups in total. The first-order valence-electron chi connectivity index (χ1n) is 9.82. The van der Waals surface area contributed by atoms with Crippen LogP contribution in [-0.4, -0.2) is 22.2 Å². The normalized spacial score (nSPS) is 34.3. The molecule has 1 aromatic rings. The second-order valence-corrected chi connectivity index (χ2v) is 9.58. The van der Waals surface area contributed by atoms with Gasteiger partial charge in [-0.3, -0.25) is 9.48 Å². The maximum absolute atomic E-state index is 12.7. The largest absolute Gasteiger partial charge is 0.355 e. The van der Waals surface area contributed by atoms with E-state index in [0.29, 0.717) is 17.0 Å². The molecule has 5 heteroatoms. The Labute approximate surface area is 155 Å². The molecule has 0 spiro atoms. The predicted molar refractivity (Wildman–Crippen MR) is 99.5 cm³/mol. The van der Waals surface area contributed by atoms with Crippen LogP contribution in [0.2, 0.25) is 5.02 Å². The van der Waals surface area contributed by atoms with Crippen molar-refractivity contribution in [2.24, 2.45) is 29.1 Å². The molecule has 4 fully saturated rings. The van der Waals surface area contributed by atoms with Gasteiger partial charge in [-0.2, -0.15) is 5.10 Å². The van der Waals surface area contributed by atoms with Gasteiger partial charge in [0.25, 0.3) is 0 Å². The lowest BCUT2D eigenvalue weighted by molar-refractivity contribution is -0.127. The summed E-state index contributed by atoms with van der Waals surface area (Å²) >= 11 is 6.22. The molecule has 0 saturated heterocycles. The lowest BCUT2D eigenvalue weighted by atomic mass is 9.49. The zero-order chi connectivity index (χ0) is 17.8. The summed E-state index contributed by atoms with van der Waals surface area (Å²) in [6.45, 7) is 7.31. The fourth-order valence-corrected chi connectivity index (χ4v) is 6.29. The minimum absolute atomic E-state index is 0.0945. The van der Waals surface area contributed by atoms with E-state index in [2.05, 4.69) is 10.4 Å². The van der Waals surface area contributed by atoms with Crippen molar-refractivity contribution < 1.29 is 4.79 Å². The van der Waals surface area contributed by atoms with Gasteiger partial charge in [0.2, 0.25) is 5.91 Å². The number of carbonyl (C=O) groups is 1. The van der Waals surface area contributed by atoms with E-state index in [1.807, 2.05) is 25.5 Å². The molecule has 1 atom stereocenters. The number of nitrogens with one attached hydrogen (secondary N) is 1. The Morgan fingerprint density at radius 3 is 2.28 bits per heavy atom. The molecule has 0 aliphatic heterocycles. The number of carbonyl (C=O) groups excluding carboxylic acids is 1. The Hall–Kier alpha value is -1.03. The van der Waals surface area contributed by atoms with Crippen LogP contribution in [0, 0.1) is 42.9 Å². The summed E-state index contributed by atoms with van der Waals surface area (Å²) in [5.41, 5.74) is 2.17. The fourth-order valence-electron chi connectivity index (χ4n) is 6.15. The van der Waals surface area contributed by atoms with Crippen LogP contribution >= 0.6 is 11.6 Å². The zero-order valence-corrected chi connectivity index (χ0v) is 16.4. The topological polar surface area (TPSA) is 46.9 Å². The van der Waals surface area contributed by atoms with Crippen LogP contribution in [0.4, 0.5) is 0 Å². The first-order chi connectivity index (χ1) is 11.8. The van der Waals surface area contributed by atoms with E-state index in [1.54, 1.807) is 0 Å². The maximum atomic E-state index is 12.7. The molecule has 25 heavy (non-hydrogen) atoms. The lowest BCUT2D eigenvalue weighted by Crippen LogP contribution is -2.51. The van der Waals surface area contributed by atoms with E-state index in [4.69, 9.17) is 11.6 Å². The summed E-state index contributed by atoms with van der Waals surface area (Å²) < 4.78 is 1.87. The van der Waals surface area contributed by atoms with Crippen molar-refractivity contribution in [3.05, 3.63) is 16.4 Å². The standard InChI is InChI=1S/C20H30ClN3O/c1-12(10-24-14(3)18(21)13(2)23-24)19(25)22-11-20-7-15-4-16(8-20)6-17(5-15)9-20/h12,15-17H,4-11H2,1-3H3,(H,22,25). The van der Waals surface area contributed by atoms with Crippen molar-refractivity contribution in [1.82, 2.24) is 15.1 Å². The maximum Gasteiger partial charge on any atom is 0.224 e. The number of aryl methyl sites for hydroxylation is 1. The summed E-state index contributed by atoms with van der Waals surface area (Å²) in [7, 11) is 0. The third-order valence-corrected chi connectivity index (χ3v) is 7.54. The molecule has 4 nitrogen and oxygen atoms in total. The monoisotopic (exact) mass is 363 g/mol. The first kappa shape index (κ1) is 17.4. The van der Waals surface area contributed by atoms with E-state index >= 15 is 0 Å².